The van der Waals surface area contributed by atoms with Gasteiger partial charge in [0.15, 0.2) is 0 Å². The minimum Gasteiger partial charge on any atom is -0.465 e. The summed E-state index contributed by atoms with van der Waals surface area (Å²) in [6, 6.07) is 3.93. The van der Waals surface area contributed by atoms with Crippen LogP contribution in [0.15, 0.2) is 30.7 Å². The van der Waals surface area contributed by atoms with Gasteiger partial charge in [0.05, 0.1) is 36.9 Å². The van der Waals surface area contributed by atoms with Gasteiger partial charge in [-0.1, -0.05) is 6.92 Å². The second-order valence-corrected chi connectivity index (χ2v) is 4.61. The van der Waals surface area contributed by atoms with Gasteiger partial charge in [0.1, 0.15) is 5.82 Å². The minimum atomic E-state index is -0.500. The Morgan fingerprint density at radius 2 is 2.29 bits per heavy atom. The maximum atomic E-state index is 13.4. The van der Waals surface area contributed by atoms with Gasteiger partial charge in [-0.15, -0.1) is 0 Å². The van der Waals surface area contributed by atoms with E-state index in [9.17, 15) is 9.18 Å². The van der Waals surface area contributed by atoms with Gasteiger partial charge in [-0.25, -0.2) is 14.2 Å². The summed E-state index contributed by atoms with van der Waals surface area (Å²) < 4.78 is 20.1. The van der Waals surface area contributed by atoms with Gasteiger partial charge < -0.3 is 14.6 Å². The van der Waals surface area contributed by atoms with Crippen molar-refractivity contribution in [3.05, 3.63) is 47.8 Å². The van der Waals surface area contributed by atoms with Crippen LogP contribution in [0.3, 0.4) is 0 Å². The van der Waals surface area contributed by atoms with E-state index < -0.39 is 11.8 Å². The van der Waals surface area contributed by atoms with Crippen LogP contribution >= 0.6 is 0 Å². The Labute approximate surface area is 122 Å². The van der Waals surface area contributed by atoms with E-state index >= 15 is 0 Å². The first-order chi connectivity index (χ1) is 10.2. The number of esters is 1. The van der Waals surface area contributed by atoms with E-state index in [0.29, 0.717) is 17.8 Å². The average Bonchev–Trinajstić information content (AvgIpc) is 2.92. The monoisotopic (exact) mass is 291 g/mol. The molecule has 0 unspecified atom stereocenters. The molecule has 1 heterocycles. The summed E-state index contributed by atoms with van der Waals surface area (Å²) >= 11 is 0. The summed E-state index contributed by atoms with van der Waals surface area (Å²) in [7, 11) is 1.30. The van der Waals surface area contributed by atoms with Crippen molar-refractivity contribution in [2.24, 2.45) is 0 Å². The fraction of sp³-hybridized carbons (Fsp3) is 0.333. The molecule has 0 aliphatic carbocycles. The number of imidazole rings is 1. The van der Waals surface area contributed by atoms with Crippen LogP contribution in [0.2, 0.25) is 0 Å². The third-order valence-electron chi connectivity index (χ3n) is 3.11. The number of ether oxygens (including phenoxy) is 1. The van der Waals surface area contributed by atoms with Gasteiger partial charge in [-0.3, -0.25) is 0 Å². The standard InChI is InChI=1S/C15H18FN3O2/c1-3-6-19-10-17-8-12(19)9-18-14-7-11(16)4-5-13(14)15(20)21-2/h4-5,7-8,10,18H,3,6,9H2,1-2H3. The lowest BCUT2D eigenvalue weighted by Gasteiger charge is -2.12. The summed E-state index contributed by atoms with van der Waals surface area (Å²) in [5.74, 6) is -0.910. The van der Waals surface area contributed by atoms with Crippen LogP contribution in [0, 0.1) is 5.82 Å². The number of anilines is 1. The topological polar surface area (TPSA) is 56.2 Å². The van der Waals surface area contributed by atoms with E-state index in [1.165, 1.54) is 25.3 Å². The Hall–Kier alpha value is -2.37. The van der Waals surface area contributed by atoms with E-state index in [2.05, 4.69) is 17.2 Å². The Balaban J connectivity index is 2.17. The maximum absolute atomic E-state index is 13.4. The minimum absolute atomic E-state index is 0.306. The molecule has 0 aliphatic rings. The Morgan fingerprint density at radius 1 is 1.48 bits per heavy atom. The molecule has 5 nitrogen and oxygen atoms in total. The van der Waals surface area contributed by atoms with Crippen LogP contribution in [-0.4, -0.2) is 22.6 Å². The number of hydrogen-bond donors (Lipinski definition) is 1. The molecule has 0 saturated carbocycles. The summed E-state index contributed by atoms with van der Waals surface area (Å²) in [5.41, 5.74) is 1.68. The molecular formula is C15H18FN3O2. The first-order valence-electron chi connectivity index (χ1n) is 6.76. The number of methoxy groups -OCH3 is 1. The van der Waals surface area contributed by atoms with Crippen molar-refractivity contribution in [1.82, 2.24) is 9.55 Å². The molecule has 112 valence electrons. The van der Waals surface area contributed by atoms with Gasteiger partial charge in [0.25, 0.3) is 0 Å². The molecule has 0 fully saturated rings. The number of aromatic nitrogens is 2. The fourth-order valence-corrected chi connectivity index (χ4v) is 2.07. The molecule has 2 rings (SSSR count). The van der Waals surface area contributed by atoms with Crippen LogP contribution in [0.5, 0.6) is 0 Å². The highest BCUT2D eigenvalue weighted by atomic mass is 19.1. The number of halogens is 1. The predicted molar refractivity (Wildman–Crippen MR) is 77.6 cm³/mol. The first-order valence-corrected chi connectivity index (χ1v) is 6.76. The second kappa shape index (κ2) is 6.88. The number of nitrogens with one attached hydrogen (secondary N) is 1. The van der Waals surface area contributed by atoms with Crippen molar-refractivity contribution in [2.75, 3.05) is 12.4 Å². The highest BCUT2D eigenvalue weighted by Crippen LogP contribution is 2.19. The zero-order valence-electron chi connectivity index (χ0n) is 12.1. The van der Waals surface area contributed by atoms with Gasteiger partial charge >= 0.3 is 5.97 Å². The largest absolute Gasteiger partial charge is 0.465 e. The van der Waals surface area contributed by atoms with E-state index in [0.717, 1.165) is 18.7 Å². The summed E-state index contributed by atoms with van der Waals surface area (Å²) in [4.78, 5) is 15.8. The Bertz CT molecular complexity index is 625. The van der Waals surface area contributed by atoms with E-state index in [-0.39, 0.29) is 0 Å². The lowest BCUT2D eigenvalue weighted by atomic mass is 10.1. The predicted octanol–water partition coefficient (Wildman–Crippen LogP) is 2.83. The number of benzene rings is 1. The highest BCUT2D eigenvalue weighted by Gasteiger charge is 2.13. The lowest BCUT2D eigenvalue weighted by molar-refractivity contribution is 0.0602. The molecule has 2 aromatic rings. The Kier molecular flexibility index (Phi) is 4.92. The molecule has 6 heteroatoms. The molecule has 0 spiro atoms. The van der Waals surface area contributed by atoms with E-state index in [1.54, 1.807) is 12.5 Å². The smallest absolute Gasteiger partial charge is 0.339 e. The van der Waals surface area contributed by atoms with E-state index in [1.807, 2.05) is 4.57 Å². The van der Waals surface area contributed by atoms with Gasteiger partial charge in [0, 0.05) is 12.7 Å². The second-order valence-electron chi connectivity index (χ2n) is 4.61. The van der Waals surface area contributed by atoms with Crippen molar-refractivity contribution >= 4 is 11.7 Å². The zero-order chi connectivity index (χ0) is 15.2. The molecule has 1 N–H and O–H groups in total. The molecular weight excluding hydrogens is 273 g/mol. The number of hydrogen-bond acceptors (Lipinski definition) is 4. The van der Waals surface area contributed by atoms with Crippen LogP contribution in [0.1, 0.15) is 29.4 Å². The van der Waals surface area contributed by atoms with Crippen LogP contribution < -0.4 is 5.32 Å². The van der Waals surface area contributed by atoms with E-state index in [4.69, 9.17) is 4.74 Å². The summed E-state index contributed by atoms with van der Waals surface area (Å²) in [6.07, 6.45) is 4.50. The first kappa shape index (κ1) is 15.0. The molecule has 0 atom stereocenters. The van der Waals surface area contributed by atoms with Crippen LogP contribution in [-0.2, 0) is 17.8 Å². The third kappa shape index (κ3) is 3.59. The van der Waals surface area contributed by atoms with Gasteiger partial charge in [-0.05, 0) is 24.6 Å². The fourth-order valence-electron chi connectivity index (χ4n) is 2.07. The third-order valence-corrected chi connectivity index (χ3v) is 3.11. The molecule has 1 aromatic carbocycles. The molecule has 0 bridgehead atoms. The number of aryl methyl sites for hydroxylation is 1. The number of carbonyl (C=O) groups is 1. The van der Waals surface area contributed by atoms with Crippen molar-refractivity contribution in [3.63, 3.8) is 0 Å². The summed E-state index contributed by atoms with van der Waals surface area (Å²) in [5, 5.41) is 3.07. The van der Waals surface area contributed by atoms with Crippen molar-refractivity contribution in [1.29, 1.82) is 0 Å². The van der Waals surface area contributed by atoms with Gasteiger partial charge in [0.2, 0.25) is 0 Å². The number of rotatable bonds is 6. The maximum Gasteiger partial charge on any atom is 0.339 e. The molecule has 0 saturated heterocycles. The number of carbonyl (C=O) groups excluding carboxylic acids is 1. The molecule has 0 radical (unpaired) electrons. The van der Waals surface area contributed by atoms with Crippen molar-refractivity contribution in [3.8, 4) is 0 Å². The normalized spacial score (nSPS) is 10.4. The van der Waals surface area contributed by atoms with Crippen molar-refractivity contribution in [2.45, 2.75) is 26.4 Å². The molecule has 0 aliphatic heterocycles. The van der Waals surface area contributed by atoms with Crippen LogP contribution in [0.4, 0.5) is 10.1 Å². The quantitative estimate of drug-likeness (QED) is 0.831. The van der Waals surface area contributed by atoms with Crippen LogP contribution in [0.25, 0.3) is 0 Å². The summed E-state index contributed by atoms with van der Waals surface area (Å²) in [6.45, 7) is 3.40. The Morgan fingerprint density at radius 3 is 3.00 bits per heavy atom. The van der Waals surface area contributed by atoms with Crippen molar-refractivity contribution < 1.29 is 13.9 Å². The number of nitrogens with zero attached hydrogens (tertiary/aromatic N) is 2. The van der Waals surface area contributed by atoms with Gasteiger partial charge in [-0.2, -0.15) is 0 Å². The molecule has 1 aromatic heterocycles. The molecule has 0 amide bonds. The highest BCUT2D eigenvalue weighted by molar-refractivity contribution is 5.95. The average molecular weight is 291 g/mol. The SMILES string of the molecule is CCCn1cncc1CNc1cc(F)ccc1C(=O)OC. The lowest BCUT2D eigenvalue weighted by Crippen LogP contribution is -2.11. The molecule has 21 heavy (non-hydrogen) atoms. The zero-order valence-corrected chi connectivity index (χ0v) is 12.1.